The fourth-order valence-electron chi connectivity index (χ4n) is 4.32. The zero-order chi connectivity index (χ0) is 22.5. The average molecular weight is 429 g/mol. The Kier molecular flexibility index (Phi) is 6.86. The zero-order valence-electron chi connectivity index (χ0n) is 19.2. The molecule has 4 rings (SSSR count). The largest absolute Gasteiger partial charge is 0.362 e. The first-order valence-electron chi connectivity index (χ1n) is 11.3. The minimum Gasteiger partial charge on any atom is -0.362 e. The number of aromatic nitrogens is 1. The Morgan fingerprint density at radius 2 is 1.69 bits per heavy atom. The van der Waals surface area contributed by atoms with Gasteiger partial charge in [-0.05, 0) is 43.0 Å². The SMILES string of the molecule is Cc1ccccc1-c1ccc(C(=O)NC2CCN(Cc3ccccc3)CC2)c(N(C)C)n1. The summed E-state index contributed by atoms with van der Waals surface area (Å²) >= 11 is 0. The summed E-state index contributed by atoms with van der Waals surface area (Å²) in [5.74, 6) is 0.656. The summed E-state index contributed by atoms with van der Waals surface area (Å²) in [4.78, 5) is 22.3. The van der Waals surface area contributed by atoms with Crippen molar-refractivity contribution in [2.45, 2.75) is 32.4 Å². The highest BCUT2D eigenvalue weighted by Crippen LogP contribution is 2.26. The Hall–Kier alpha value is -3.18. The number of pyridine rings is 1. The van der Waals surface area contributed by atoms with Crippen molar-refractivity contribution < 1.29 is 4.79 Å². The minimum atomic E-state index is -0.0426. The normalized spacial score (nSPS) is 14.8. The number of hydrogen-bond donors (Lipinski definition) is 1. The molecule has 0 unspecified atom stereocenters. The summed E-state index contributed by atoms with van der Waals surface area (Å²) in [7, 11) is 3.87. The van der Waals surface area contributed by atoms with Gasteiger partial charge in [-0.3, -0.25) is 9.69 Å². The van der Waals surface area contributed by atoms with Crippen molar-refractivity contribution >= 4 is 11.7 Å². The Bertz CT molecular complexity index is 1060. The van der Waals surface area contributed by atoms with E-state index in [2.05, 4.69) is 59.6 Å². The number of benzene rings is 2. The molecule has 1 aliphatic rings. The van der Waals surface area contributed by atoms with Gasteiger partial charge in [0.25, 0.3) is 5.91 Å². The van der Waals surface area contributed by atoms with Gasteiger partial charge in [0.1, 0.15) is 5.82 Å². The number of aryl methyl sites for hydroxylation is 1. The predicted octanol–water partition coefficient (Wildman–Crippen LogP) is 4.52. The van der Waals surface area contributed by atoms with Crippen molar-refractivity contribution in [2.75, 3.05) is 32.1 Å². The van der Waals surface area contributed by atoms with Crippen molar-refractivity contribution in [3.05, 3.63) is 83.4 Å². The fraction of sp³-hybridized carbons (Fsp3) is 0.333. The molecule has 1 saturated heterocycles. The number of carbonyl (C=O) groups is 1. The second kappa shape index (κ2) is 9.96. The third-order valence-electron chi connectivity index (χ3n) is 6.14. The van der Waals surface area contributed by atoms with E-state index in [9.17, 15) is 4.79 Å². The van der Waals surface area contributed by atoms with Gasteiger partial charge in [0.05, 0.1) is 11.3 Å². The fourth-order valence-corrected chi connectivity index (χ4v) is 4.32. The lowest BCUT2D eigenvalue weighted by atomic mass is 10.0. The monoisotopic (exact) mass is 428 g/mol. The van der Waals surface area contributed by atoms with Crippen molar-refractivity contribution in [1.29, 1.82) is 0 Å². The van der Waals surface area contributed by atoms with Gasteiger partial charge in [-0.25, -0.2) is 4.98 Å². The molecule has 1 N–H and O–H groups in total. The maximum absolute atomic E-state index is 13.1. The van der Waals surface area contributed by atoms with E-state index < -0.39 is 0 Å². The molecule has 1 amide bonds. The second-order valence-corrected chi connectivity index (χ2v) is 8.79. The Morgan fingerprint density at radius 3 is 2.38 bits per heavy atom. The van der Waals surface area contributed by atoms with Crippen LogP contribution in [-0.4, -0.2) is 49.0 Å². The molecule has 0 bridgehead atoms. The maximum Gasteiger partial charge on any atom is 0.255 e. The molecule has 0 radical (unpaired) electrons. The highest BCUT2D eigenvalue weighted by Gasteiger charge is 2.23. The summed E-state index contributed by atoms with van der Waals surface area (Å²) in [5.41, 5.74) is 5.11. The zero-order valence-corrected chi connectivity index (χ0v) is 19.2. The van der Waals surface area contributed by atoms with Gasteiger partial charge in [0, 0.05) is 45.3 Å². The number of piperidine rings is 1. The molecule has 2 heterocycles. The first-order valence-corrected chi connectivity index (χ1v) is 11.3. The van der Waals surface area contributed by atoms with E-state index in [-0.39, 0.29) is 11.9 Å². The quantitative estimate of drug-likeness (QED) is 0.627. The highest BCUT2D eigenvalue weighted by molar-refractivity contribution is 5.99. The van der Waals surface area contributed by atoms with Gasteiger partial charge >= 0.3 is 0 Å². The van der Waals surface area contributed by atoms with Gasteiger partial charge in [-0.2, -0.15) is 0 Å². The molecular formula is C27H32N4O. The maximum atomic E-state index is 13.1. The molecule has 0 atom stereocenters. The van der Waals surface area contributed by atoms with Gasteiger partial charge in [-0.1, -0.05) is 54.6 Å². The lowest BCUT2D eigenvalue weighted by Crippen LogP contribution is -2.44. The number of nitrogens with zero attached hydrogens (tertiary/aromatic N) is 3. The first-order chi connectivity index (χ1) is 15.5. The van der Waals surface area contributed by atoms with Crippen LogP contribution in [0.15, 0.2) is 66.7 Å². The summed E-state index contributed by atoms with van der Waals surface area (Å²) in [6, 6.07) is 22.8. The molecule has 0 spiro atoms. The van der Waals surface area contributed by atoms with Crippen LogP contribution in [0, 0.1) is 6.92 Å². The summed E-state index contributed by atoms with van der Waals surface area (Å²) in [6.45, 7) is 5.03. The van der Waals surface area contributed by atoms with Gasteiger partial charge in [0.15, 0.2) is 0 Å². The lowest BCUT2D eigenvalue weighted by Gasteiger charge is -2.32. The number of rotatable bonds is 6. The first kappa shape index (κ1) is 22.0. The van der Waals surface area contributed by atoms with Crippen LogP contribution in [0.5, 0.6) is 0 Å². The highest BCUT2D eigenvalue weighted by atomic mass is 16.1. The van der Waals surface area contributed by atoms with Crippen LogP contribution in [0.25, 0.3) is 11.3 Å². The van der Waals surface area contributed by atoms with Crippen LogP contribution in [0.3, 0.4) is 0 Å². The van der Waals surface area contributed by atoms with Crippen LogP contribution >= 0.6 is 0 Å². The molecule has 32 heavy (non-hydrogen) atoms. The average Bonchev–Trinajstić information content (AvgIpc) is 2.81. The number of carbonyl (C=O) groups excluding carboxylic acids is 1. The van der Waals surface area contributed by atoms with E-state index in [0.717, 1.165) is 43.7 Å². The molecule has 0 aliphatic carbocycles. The third kappa shape index (κ3) is 5.17. The van der Waals surface area contributed by atoms with E-state index in [4.69, 9.17) is 4.98 Å². The lowest BCUT2D eigenvalue weighted by molar-refractivity contribution is 0.0909. The number of likely N-dealkylation sites (tertiary alicyclic amines) is 1. The van der Waals surface area contributed by atoms with Crippen molar-refractivity contribution in [3.8, 4) is 11.3 Å². The molecule has 2 aromatic carbocycles. The Labute approximate surface area is 191 Å². The van der Waals surface area contributed by atoms with Crippen molar-refractivity contribution in [2.24, 2.45) is 0 Å². The van der Waals surface area contributed by atoms with Gasteiger partial charge in [0.2, 0.25) is 0 Å². The molecule has 166 valence electrons. The number of amides is 1. The standard InChI is InChI=1S/C27H32N4O/c1-20-9-7-8-12-23(20)25-14-13-24(26(29-25)30(2)3)27(32)28-22-15-17-31(18-16-22)19-21-10-5-4-6-11-21/h4-14,22H,15-19H2,1-3H3,(H,28,32). The number of nitrogens with one attached hydrogen (secondary N) is 1. The summed E-state index contributed by atoms with van der Waals surface area (Å²) in [6.07, 6.45) is 1.93. The molecule has 0 saturated carbocycles. The van der Waals surface area contributed by atoms with Crippen molar-refractivity contribution in [1.82, 2.24) is 15.2 Å². The van der Waals surface area contributed by atoms with E-state index >= 15 is 0 Å². The van der Waals surface area contributed by atoms with Gasteiger partial charge < -0.3 is 10.2 Å². The Morgan fingerprint density at radius 1 is 1.00 bits per heavy atom. The molecule has 3 aromatic rings. The van der Waals surface area contributed by atoms with E-state index in [1.165, 1.54) is 11.1 Å². The predicted molar refractivity (Wildman–Crippen MR) is 131 cm³/mol. The smallest absolute Gasteiger partial charge is 0.255 e. The topological polar surface area (TPSA) is 48.5 Å². The van der Waals surface area contributed by atoms with Crippen LogP contribution in [0.2, 0.25) is 0 Å². The minimum absolute atomic E-state index is 0.0426. The molecule has 1 fully saturated rings. The molecule has 5 heteroatoms. The third-order valence-corrected chi connectivity index (χ3v) is 6.14. The molecular weight excluding hydrogens is 396 g/mol. The van der Waals surface area contributed by atoms with E-state index in [1.807, 2.05) is 43.3 Å². The summed E-state index contributed by atoms with van der Waals surface area (Å²) in [5, 5.41) is 3.25. The summed E-state index contributed by atoms with van der Waals surface area (Å²) < 4.78 is 0. The number of anilines is 1. The van der Waals surface area contributed by atoms with Crippen LogP contribution in [0.1, 0.15) is 34.3 Å². The number of hydrogen-bond acceptors (Lipinski definition) is 4. The van der Waals surface area contributed by atoms with Crippen LogP contribution in [-0.2, 0) is 6.54 Å². The molecule has 5 nitrogen and oxygen atoms in total. The molecule has 1 aliphatic heterocycles. The van der Waals surface area contributed by atoms with E-state index in [1.54, 1.807) is 0 Å². The van der Waals surface area contributed by atoms with Crippen LogP contribution < -0.4 is 10.2 Å². The van der Waals surface area contributed by atoms with Gasteiger partial charge in [-0.15, -0.1) is 0 Å². The van der Waals surface area contributed by atoms with E-state index in [0.29, 0.717) is 11.4 Å². The Balaban J connectivity index is 1.41. The molecule has 1 aromatic heterocycles. The van der Waals surface area contributed by atoms with Crippen molar-refractivity contribution in [3.63, 3.8) is 0 Å². The van der Waals surface area contributed by atoms with Crippen LogP contribution in [0.4, 0.5) is 5.82 Å². The second-order valence-electron chi connectivity index (χ2n) is 8.79.